The van der Waals surface area contributed by atoms with E-state index in [-0.39, 0.29) is 28.7 Å². The van der Waals surface area contributed by atoms with Crippen molar-refractivity contribution < 1.29 is 13.2 Å². The lowest BCUT2D eigenvalue weighted by molar-refractivity contribution is -0.126. The molecule has 3 rings (SSSR count). The highest BCUT2D eigenvalue weighted by molar-refractivity contribution is 7.90. The van der Waals surface area contributed by atoms with E-state index in [4.69, 9.17) is 0 Å². The molecule has 2 aromatic heterocycles. The normalized spacial score (nSPS) is 17.2. The summed E-state index contributed by atoms with van der Waals surface area (Å²) < 4.78 is 25.8. The van der Waals surface area contributed by atoms with E-state index in [0.29, 0.717) is 34.1 Å². The zero-order valence-electron chi connectivity index (χ0n) is 21.2. The van der Waals surface area contributed by atoms with Crippen molar-refractivity contribution in [3.63, 3.8) is 0 Å². The molecule has 0 bridgehead atoms. The monoisotopic (exact) mass is 502 g/mol. The molecule has 0 aromatic carbocycles. The summed E-state index contributed by atoms with van der Waals surface area (Å²) in [5, 5.41) is 0.159. The summed E-state index contributed by atoms with van der Waals surface area (Å²) in [5.74, 6) is 3.22. The molecular weight excluding hydrogens is 468 g/mol. The lowest BCUT2D eigenvalue weighted by atomic mass is 10.1. The van der Waals surface area contributed by atoms with Gasteiger partial charge in [-0.3, -0.25) is 14.2 Å². The Kier molecular flexibility index (Phi) is 7.11. The summed E-state index contributed by atoms with van der Waals surface area (Å²) in [6.07, 6.45) is 2.61. The van der Waals surface area contributed by atoms with E-state index in [9.17, 15) is 18.0 Å². The first-order valence-electron chi connectivity index (χ1n) is 11.6. The van der Waals surface area contributed by atoms with Gasteiger partial charge in [-0.15, -0.1) is 5.54 Å². The van der Waals surface area contributed by atoms with Crippen molar-refractivity contribution in [1.82, 2.24) is 19.4 Å². The molecule has 10 heteroatoms. The third-order valence-electron chi connectivity index (χ3n) is 7.07. The number of amides is 1. The number of rotatable bonds is 5. The number of likely N-dealkylation sites (tertiary alicyclic amines) is 1. The first-order chi connectivity index (χ1) is 15.7. The first-order valence-corrected chi connectivity index (χ1v) is 15.7. The molecule has 0 radical (unpaired) electrons. The Hall–Kier alpha value is -2.51. The zero-order valence-corrected chi connectivity index (χ0v) is 23.0. The summed E-state index contributed by atoms with van der Waals surface area (Å²) in [6.45, 7) is 13.6. The van der Waals surface area contributed by atoms with E-state index in [2.05, 4.69) is 63.0 Å². The molecule has 1 saturated heterocycles. The highest BCUT2D eigenvalue weighted by Gasteiger charge is 2.41. The number of carbonyl (C=O) groups excluding carboxylic acids is 1. The Morgan fingerprint density at radius 3 is 2.15 bits per heavy atom. The van der Waals surface area contributed by atoms with Gasteiger partial charge in [-0.1, -0.05) is 47.5 Å². The highest BCUT2D eigenvalue weighted by atomic mass is 32.2. The van der Waals surface area contributed by atoms with Crippen molar-refractivity contribution in [2.45, 2.75) is 75.8 Å². The predicted octanol–water partition coefficient (Wildman–Crippen LogP) is 3.17. The van der Waals surface area contributed by atoms with Crippen molar-refractivity contribution in [2.24, 2.45) is 0 Å². The second-order valence-electron chi connectivity index (χ2n) is 10.2. The van der Waals surface area contributed by atoms with Gasteiger partial charge in [-0.2, -0.15) is 4.98 Å². The van der Waals surface area contributed by atoms with E-state index in [0.717, 1.165) is 6.26 Å². The number of aromatic nitrogens is 3. The van der Waals surface area contributed by atoms with E-state index in [1.165, 1.54) is 16.8 Å². The maximum atomic E-state index is 13.3. The summed E-state index contributed by atoms with van der Waals surface area (Å²) in [7, 11) is -4.09. The van der Waals surface area contributed by atoms with Gasteiger partial charge in [-0.25, -0.2) is 13.4 Å². The van der Waals surface area contributed by atoms with Crippen LogP contribution in [0.25, 0.3) is 11.0 Å². The first kappa shape index (κ1) is 26.1. The Morgan fingerprint density at radius 1 is 1.09 bits per heavy atom. The van der Waals surface area contributed by atoms with Crippen LogP contribution in [0.3, 0.4) is 0 Å². The molecule has 1 aliphatic heterocycles. The van der Waals surface area contributed by atoms with Crippen molar-refractivity contribution in [3.8, 4) is 11.5 Å². The lowest BCUT2D eigenvalue weighted by Crippen LogP contribution is -2.43. The second kappa shape index (κ2) is 9.27. The SMILES string of the molecule is CC(C)[Si](C#Cc1cc(=O)n(C2CC(=O)N(C)C2)c2nc(S(C)(=O)=O)ncc12)(C(C)C)C(C)C. The molecule has 3 heterocycles. The Balaban J connectivity index is 2.33. The fourth-order valence-corrected chi connectivity index (χ4v) is 11.1. The van der Waals surface area contributed by atoms with Gasteiger partial charge < -0.3 is 4.90 Å². The van der Waals surface area contributed by atoms with Crippen molar-refractivity contribution >= 4 is 34.9 Å². The number of carbonyl (C=O) groups is 1. The summed E-state index contributed by atoms with van der Waals surface area (Å²) in [5.41, 5.74) is 5.21. The maximum Gasteiger partial charge on any atom is 0.253 e. The lowest BCUT2D eigenvalue weighted by Gasteiger charge is -2.38. The molecular formula is C24H34N4O4SSi. The molecule has 1 unspecified atom stereocenters. The molecule has 1 aliphatic rings. The van der Waals surface area contributed by atoms with Gasteiger partial charge in [0.25, 0.3) is 5.56 Å². The average Bonchev–Trinajstić information content (AvgIpc) is 3.04. The molecule has 34 heavy (non-hydrogen) atoms. The number of hydrogen-bond donors (Lipinski definition) is 0. The molecule has 1 atom stereocenters. The molecule has 0 aliphatic carbocycles. The van der Waals surface area contributed by atoms with Crippen LogP contribution >= 0.6 is 0 Å². The topological polar surface area (TPSA) is 102 Å². The molecule has 2 aromatic rings. The average molecular weight is 503 g/mol. The quantitative estimate of drug-likeness (QED) is 0.354. The van der Waals surface area contributed by atoms with Gasteiger partial charge in [0.2, 0.25) is 20.9 Å². The van der Waals surface area contributed by atoms with Crippen molar-refractivity contribution in [2.75, 3.05) is 19.8 Å². The van der Waals surface area contributed by atoms with Crippen LogP contribution in [0, 0.1) is 11.5 Å². The number of nitrogens with zero attached hydrogens (tertiary/aromatic N) is 4. The van der Waals surface area contributed by atoms with Crippen LogP contribution in [-0.2, 0) is 14.6 Å². The highest BCUT2D eigenvalue weighted by Crippen LogP contribution is 2.41. The minimum absolute atomic E-state index is 0.0760. The third-order valence-corrected chi connectivity index (χ3v) is 14.2. The smallest absolute Gasteiger partial charge is 0.253 e. The minimum atomic E-state index is -3.70. The molecule has 0 N–H and O–H groups in total. The summed E-state index contributed by atoms with van der Waals surface area (Å²) >= 11 is 0. The second-order valence-corrected chi connectivity index (χ2v) is 17.7. The molecule has 1 amide bonds. The fraction of sp³-hybridized carbons (Fsp3) is 0.583. The zero-order chi connectivity index (χ0) is 25.6. The van der Waals surface area contributed by atoms with Crippen LogP contribution in [0.1, 0.15) is 59.6 Å². The number of pyridine rings is 1. The van der Waals surface area contributed by atoms with Crippen LogP contribution in [0.5, 0.6) is 0 Å². The van der Waals surface area contributed by atoms with E-state index >= 15 is 0 Å². The number of hydrogen-bond acceptors (Lipinski definition) is 6. The Bertz CT molecular complexity index is 1330. The van der Waals surface area contributed by atoms with Gasteiger partial charge in [0.15, 0.2) is 0 Å². The largest absolute Gasteiger partial charge is 0.344 e. The number of likely N-dealkylation sites (N-methyl/N-ethyl adjacent to an activating group) is 1. The number of fused-ring (bicyclic) bond motifs is 1. The van der Waals surface area contributed by atoms with Crippen LogP contribution in [0.4, 0.5) is 0 Å². The van der Waals surface area contributed by atoms with Gasteiger partial charge in [0.05, 0.1) is 11.4 Å². The van der Waals surface area contributed by atoms with Gasteiger partial charge in [0.1, 0.15) is 13.7 Å². The Labute approximate surface area is 202 Å². The predicted molar refractivity (Wildman–Crippen MR) is 136 cm³/mol. The van der Waals surface area contributed by atoms with E-state index < -0.39 is 24.0 Å². The maximum absolute atomic E-state index is 13.3. The molecule has 1 fully saturated rings. The molecule has 184 valence electrons. The van der Waals surface area contributed by atoms with Crippen molar-refractivity contribution in [1.29, 1.82) is 0 Å². The van der Waals surface area contributed by atoms with Crippen LogP contribution in [0.15, 0.2) is 22.2 Å². The Morgan fingerprint density at radius 2 is 1.68 bits per heavy atom. The van der Waals surface area contributed by atoms with Gasteiger partial charge in [0, 0.05) is 44.1 Å². The minimum Gasteiger partial charge on any atom is -0.344 e. The fourth-order valence-electron chi connectivity index (χ4n) is 5.36. The van der Waals surface area contributed by atoms with Crippen molar-refractivity contribution in [3.05, 3.63) is 28.2 Å². The molecule has 0 spiro atoms. The number of sulfone groups is 1. The third kappa shape index (κ3) is 4.55. The van der Waals surface area contributed by atoms with E-state index in [1.807, 2.05) is 0 Å². The van der Waals surface area contributed by atoms with Gasteiger partial charge >= 0.3 is 0 Å². The van der Waals surface area contributed by atoms with Gasteiger partial charge in [-0.05, 0) is 16.6 Å². The molecule has 8 nitrogen and oxygen atoms in total. The molecule has 0 saturated carbocycles. The summed E-state index contributed by atoms with van der Waals surface area (Å²) in [6, 6.07) is 1.04. The van der Waals surface area contributed by atoms with E-state index in [1.54, 1.807) is 11.9 Å². The van der Waals surface area contributed by atoms with Crippen LogP contribution in [-0.4, -0.2) is 61.7 Å². The van der Waals surface area contributed by atoms with Crippen LogP contribution < -0.4 is 5.56 Å². The summed E-state index contributed by atoms with van der Waals surface area (Å²) in [4.78, 5) is 35.4. The van der Waals surface area contributed by atoms with Crippen LogP contribution in [0.2, 0.25) is 16.6 Å². The standard InChI is InChI=1S/C24H34N4O4SSi/c1-15(2)34(16(3)4,17(5)6)10-9-18-11-22(30)28(19-12-21(29)27(7)14-19)23-20(18)13-25-24(26-23)33(8,31)32/h11,13,15-17,19H,12,14H2,1-8H3.